The van der Waals surface area contributed by atoms with Gasteiger partial charge in [0, 0.05) is 34.4 Å². The number of nitrogens with two attached hydrogens (primary N) is 1. The molecule has 3 aliphatic rings. The van der Waals surface area contributed by atoms with Gasteiger partial charge < -0.3 is 10.6 Å². The standard InChI is InChI=1S/C61H52N2/c1-40(46-26-18-30-55-58(46)51-25-14-17-29-54(51)61(55,41-19-8-6-9-20-41)42-21-10-7-11-22-42)31-32-45(39-62)63(43-33-35-49-47-23-12-15-27-52(47)59(2,3)56(49)37-43)44-34-36-50-48-24-13-16-28-53(48)60(4,5)57(50)38-44/h6-38H,39,62H2,1-5H3/b40-31+,45-32+. The van der Waals surface area contributed by atoms with E-state index in [1.807, 2.05) is 0 Å². The highest BCUT2D eigenvalue weighted by Crippen LogP contribution is 2.58. The molecule has 0 saturated heterocycles. The van der Waals surface area contributed by atoms with E-state index in [1.54, 1.807) is 0 Å². The molecule has 0 aromatic heterocycles. The van der Waals surface area contributed by atoms with Crippen LogP contribution in [0.25, 0.3) is 39.0 Å². The minimum Gasteiger partial charge on any atom is -0.325 e. The van der Waals surface area contributed by atoms with Crippen LogP contribution in [0.5, 0.6) is 0 Å². The third-order valence-corrected chi connectivity index (χ3v) is 14.6. The number of fused-ring (bicyclic) bond motifs is 9. The SMILES string of the molecule is C/C(=C\C=C(/CN)N(c1ccc2c(c1)C(C)(C)c1ccccc1-2)c1ccc2c(c1)C(C)(C)c1ccccc1-2)c1cccc2c1-c1ccccc1C2(c1ccccc1)c1ccccc1. The van der Waals surface area contributed by atoms with Gasteiger partial charge in [-0.1, -0.05) is 198 Å². The molecule has 63 heavy (non-hydrogen) atoms. The maximum absolute atomic E-state index is 6.92. The van der Waals surface area contributed by atoms with E-state index in [0.29, 0.717) is 6.54 Å². The fourth-order valence-corrected chi connectivity index (χ4v) is 11.5. The van der Waals surface area contributed by atoms with Gasteiger partial charge in [0.05, 0.1) is 5.41 Å². The average molecular weight is 813 g/mol. The van der Waals surface area contributed by atoms with Crippen molar-refractivity contribution in [2.45, 2.75) is 50.9 Å². The molecule has 3 aliphatic carbocycles. The summed E-state index contributed by atoms with van der Waals surface area (Å²) in [6.45, 7) is 12.0. The summed E-state index contributed by atoms with van der Waals surface area (Å²) in [4.78, 5) is 2.41. The molecule has 0 heterocycles. The minimum atomic E-state index is -0.457. The number of nitrogens with zero attached hydrogens (tertiary/aromatic N) is 1. The van der Waals surface area contributed by atoms with Crippen molar-refractivity contribution in [3.63, 3.8) is 0 Å². The highest BCUT2D eigenvalue weighted by Gasteiger charge is 2.47. The molecule has 0 amide bonds. The fraction of sp³-hybridized carbons (Fsp3) is 0.148. The van der Waals surface area contributed by atoms with E-state index in [-0.39, 0.29) is 10.8 Å². The zero-order valence-electron chi connectivity index (χ0n) is 36.8. The van der Waals surface area contributed by atoms with E-state index in [4.69, 9.17) is 5.73 Å². The Balaban J connectivity index is 1.08. The Morgan fingerprint density at radius 3 is 1.41 bits per heavy atom. The first-order valence-electron chi connectivity index (χ1n) is 22.4. The summed E-state index contributed by atoms with van der Waals surface area (Å²) in [6.07, 6.45) is 4.55. The van der Waals surface area contributed by atoms with Crippen molar-refractivity contribution in [2.24, 2.45) is 5.73 Å². The van der Waals surface area contributed by atoms with Crippen LogP contribution in [0, 0.1) is 0 Å². The van der Waals surface area contributed by atoms with Crippen LogP contribution in [0.4, 0.5) is 11.4 Å². The molecule has 2 N–H and O–H groups in total. The molecule has 8 aromatic carbocycles. The van der Waals surface area contributed by atoms with Gasteiger partial charge >= 0.3 is 0 Å². The van der Waals surface area contributed by atoms with Crippen molar-refractivity contribution in [3.8, 4) is 33.4 Å². The van der Waals surface area contributed by atoms with E-state index < -0.39 is 5.41 Å². The number of allylic oxidation sites excluding steroid dienone is 3. The monoisotopic (exact) mass is 812 g/mol. The molecule has 0 spiro atoms. The maximum atomic E-state index is 6.92. The topological polar surface area (TPSA) is 29.3 Å². The highest BCUT2D eigenvalue weighted by atomic mass is 15.2. The second-order valence-corrected chi connectivity index (χ2v) is 18.6. The van der Waals surface area contributed by atoms with E-state index in [0.717, 1.165) is 17.1 Å². The van der Waals surface area contributed by atoms with Crippen LogP contribution in [0.3, 0.4) is 0 Å². The minimum absolute atomic E-state index is 0.142. The van der Waals surface area contributed by atoms with Crippen molar-refractivity contribution in [1.29, 1.82) is 0 Å². The van der Waals surface area contributed by atoms with E-state index in [1.165, 1.54) is 89.0 Å². The predicted octanol–water partition coefficient (Wildman–Crippen LogP) is 14.7. The second-order valence-electron chi connectivity index (χ2n) is 18.6. The van der Waals surface area contributed by atoms with Crippen LogP contribution < -0.4 is 10.6 Å². The number of hydrogen-bond donors (Lipinski definition) is 1. The lowest BCUT2D eigenvalue weighted by Crippen LogP contribution is -2.28. The number of hydrogen-bond acceptors (Lipinski definition) is 2. The summed E-state index contributed by atoms with van der Waals surface area (Å²) in [5.74, 6) is 0. The fourth-order valence-electron chi connectivity index (χ4n) is 11.5. The van der Waals surface area contributed by atoms with Crippen molar-refractivity contribution in [1.82, 2.24) is 0 Å². The number of anilines is 2. The molecule has 0 saturated carbocycles. The van der Waals surface area contributed by atoms with E-state index >= 15 is 0 Å². The van der Waals surface area contributed by atoms with Crippen LogP contribution >= 0.6 is 0 Å². The quantitative estimate of drug-likeness (QED) is 0.155. The first-order valence-corrected chi connectivity index (χ1v) is 22.4. The second kappa shape index (κ2) is 14.5. The van der Waals surface area contributed by atoms with Crippen molar-refractivity contribution in [2.75, 3.05) is 11.4 Å². The molecular formula is C61H52N2. The molecular weight excluding hydrogens is 761 g/mol. The normalized spacial score (nSPS) is 15.8. The van der Waals surface area contributed by atoms with E-state index in [2.05, 4.69) is 240 Å². The summed E-state index contributed by atoms with van der Waals surface area (Å²) in [7, 11) is 0. The lowest BCUT2D eigenvalue weighted by Gasteiger charge is -2.34. The van der Waals surface area contributed by atoms with Gasteiger partial charge in [-0.05, 0) is 126 Å². The number of rotatable bonds is 8. The molecule has 2 nitrogen and oxygen atoms in total. The molecule has 0 atom stereocenters. The van der Waals surface area contributed by atoms with Crippen molar-refractivity contribution >= 4 is 16.9 Å². The van der Waals surface area contributed by atoms with Gasteiger partial charge in [-0.15, -0.1) is 0 Å². The Morgan fingerprint density at radius 1 is 0.444 bits per heavy atom. The molecule has 8 aromatic rings. The van der Waals surface area contributed by atoms with Gasteiger partial charge in [-0.3, -0.25) is 0 Å². The molecule has 0 aliphatic heterocycles. The Labute approximate surface area is 372 Å². The Morgan fingerprint density at radius 2 is 0.889 bits per heavy atom. The summed E-state index contributed by atoms with van der Waals surface area (Å²) >= 11 is 0. The third kappa shape index (κ3) is 5.67. The molecule has 0 unspecified atom stereocenters. The van der Waals surface area contributed by atoms with Crippen LogP contribution in [0.1, 0.15) is 84.7 Å². The first kappa shape index (κ1) is 38.9. The molecule has 2 heteroatoms. The van der Waals surface area contributed by atoms with Gasteiger partial charge in [0.25, 0.3) is 0 Å². The van der Waals surface area contributed by atoms with Crippen LogP contribution in [0.2, 0.25) is 0 Å². The molecule has 11 rings (SSSR count). The largest absolute Gasteiger partial charge is 0.325 e. The number of benzene rings is 8. The van der Waals surface area contributed by atoms with Gasteiger partial charge in [0.1, 0.15) is 0 Å². The summed E-state index contributed by atoms with van der Waals surface area (Å²) in [6, 6.07) is 69.7. The smallest absolute Gasteiger partial charge is 0.0713 e. The summed E-state index contributed by atoms with van der Waals surface area (Å²) < 4.78 is 0. The summed E-state index contributed by atoms with van der Waals surface area (Å²) in [5, 5.41) is 0. The van der Waals surface area contributed by atoms with Crippen LogP contribution in [0.15, 0.2) is 206 Å². The van der Waals surface area contributed by atoms with Gasteiger partial charge in [-0.25, -0.2) is 0 Å². The molecule has 306 valence electrons. The Hall–Kier alpha value is -7.00. The summed E-state index contributed by atoms with van der Waals surface area (Å²) in [5.41, 5.74) is 30.2. The molecule has 0 fully saturated rings. The van der Waals surface area contributed by atoms with E-state index in [9.17, 15) is 0 Å². The lowest BCUT2D eigenvalue weighted by atomic mass is 9.67. The molecule has 0 bridgehead atoms. The van der Waals surface area contributed by atoms with Crippen molar-refractivity contribution in [3.05, 3.63) is 256 Å². The lowest BCUT2D eigenvalue weighted by molar-refractivity contribution is 0.660. The van der Waals surface area contributed by atoms with Crippen LogP contribution in [-0.2, 0) is 16.2 Å². The first-order chi connectivity index (χ1) is 30.7. The zero-order chi connectivity index (χ0) is 43.1. The van der Waals surface area contributed by atoms with Crippen molar-refractivity contribution < 1.29 is 0 Å². The van der Waals surface area contributed by atoms with Gasteiger partial charge in [0.2, 0.25) is 0 Å². The zero-order valence-corrected chi connectivity index (χ0v) is 36.8. The predicted molar refractivity (Wildman–Crippen MR) is 265 cm³/mol. The Kier molecular flexibility index (Phi) is 8.98. The van der Waals surface area contributed by atoms with Crippen LogP contribution in [-0.4, -0.2) is 6.54 Å². The Bertz CT molecular complexity index is 3020. The van der Waals surface area contributed by atoms with Gasteiger partial charge in [0.15, 0.2) is 0 Å². The highest BCUT2D eigenvalue weighted by molar-refractivity contribution is 5.94. The average Bonchev–Trinajstić information content (AvgIpc) is 3.85. The maximum Gasteiger partial charge on any atom is 0.0713 e. The third-order valence-electron chi connectivity index (χ3n) is 14.6. The van der Waals surface area contributed by atoms with Gasteiger partial charge in [-0.2, -0.15) is 0 Å². The molecule has 0 radical (unpaired) electrons.